The number of allylic oxidation sites excluding steroid dienone is 7. The maximum atomic E-state index is 12.6. The molecule has 0 bridgehead atoms. The van der Waals surface area contributed by atoms with E-state index in [1.54, 1.807) is 6.08 Å². The number of nitrogens with one attached hydrogen (secondary N) is 1. The molecule has 42 heavy (non-hydrogen) atoms. The Morgan fingerprint density at radius 3 is 2.02 bits per heavy atom. The molecule has 5 N–H and O–H groups in total. The fourth-order valence-corrected chi connectivity index (χ4v) is 4.96. The zero-order valence-corrected chi connectivity index (χ0v) is 27.4. The number of amides is 1. The number of hydrogen-bond donors (Lipinski definition) is 4. The molecule has 8 nitrogen and oxygen atoms in total. The molecule has 0 saturated carbocycles. The van der Waals surface area contributed by atoms with Gasteiger partial charge in [0.05, 0.1) is 25.4 Å². The van der Waals surface area contributed by atoms with Crippen LogP contribution in [0.2, 0.25) is 0 Å². The van der Waals surface area contributed by atoms with E-state index in [1.807, 2.05) is 6.08 Å². The maximum Gasteiger partial charge on any atom is 0.472 e. The van der Waals surface area contributed by atoms with E-state index < -0.39 is 20.0 Å². The lowest BCUT2D eigenvalue weighted by atomic mass is 10.1. The van der Waals surface area contributed by atoms with Crippen LogP contribution in [0.4, 0.5) is 0 Å². The number of nitrogens with two attached hydrogens (primary N) is 1. The molecule has 0 aromatic carbocycles. The highest BCUT2D eigenvalue weighted by molar-refractivity contribution is 7.47. The molecule has 0 saturated heterocycles. The van der Waals surface area contributed by atoms with Crippen LogP contribution in [-0.4, -0.2) is 47.8 Å². The second-order valence-corrected chi connectivity index (χ2v) is 12.1. The second kappa shape index (κ2) is 29.5. The quantitative estimate of drug-likeness (QED) is 0.0385. The molecule has 0 spiro atoms. The first-order valence-electron chi connectivity index (χ1n) is 16.3. The Labute approximate surface area is 256 Å². The van der Waals surface area contributed by atoms with Crippen molar-refractivity contribution in [3.63, 3.8) is 0 Å². The van der Waals surface area contributed by atoms with Crippen LogP contribution in [0.3, 0.4) is 0 Å². The zero-order valence-electron chi connectivity index (χ0n) is 26.5. The molecule has 0 aliphatic carbocycles. The summed E-state index contributed by atoms with van der Waals surface area (Å²) < 4.78 is 21.9. The highest BCUT2D eigenvalue weighted by Crippen LogP contribution is 2.43. The number of rotatable bonds is 29. The van der Waals surface area contributed by atoms with E-state index in [9.17, 15) is 19.4 Å². The molecule has 3 atom stereocenters. The summed E-state index contributed by atoms with van der Waals surface area (Å²) in [7, 11) is -4.33. The number of phosphoric ester groups is 1. The lowest BCUT2D eigenvalue weighted by Gasteiger charge is -2.23. The molecule has 9 heteroatoms. The van der Waals surface area contributed by atoms with E-state index in [1.165, 1.54) is 25.7 Å². The van der Waals surface area contributed by atoms with Crippen molar-refractivity contribution in [3.8, 4) is 0 Å². The smallest absolute Gasteiger partial charge is 0.387 e. The predicted molar refractivity (Wildman–Crippen MR) is 175 cm³/mol. The van der Waals surface area contributed by atoms with E-state index in [0.717, 1.165) is 77.0 Å². The van der Waals surface area contributed by atoms with Crippen molar-refractivity contribution >= 4 is 13.7 Å². The van der Waals surface area contributed by atoms with Crippen LogP contribution in [0, 0.1) is 0 Å². The summed E-state index contributed by atoms with van der Waals surface area (Å²) in [4.78, 5) is 22.4. The third kappa shape index (κ3) is 27.3. The molecular formula is C33H61N2O6P. The third-order valence-electron chi connectivity index (χ3n) is 6.66. The summed E-state index contributed by atoms with van der Waals surface area (Å²) in [6, 6.07) is -0.866. The lowest BCUT2D eigenvalue weighted by Crippen LogP contribution is -2.45. The summed E-state index contributed by atoms with van der Waals surface area (Å²) in [5.41, 5.74) is 5.32. The van der Waals surface area contributed by atoms with Crippen molar-refractivity contribution in [2.45, 2.75) is 135 Å². The monoisotopic (exact) mass is 612 g/mol. The first-order chi connectivity index (χ1) is 20.4. The number of hydrogen-bond acceptors (Lipinski definition) is 6. The number of aliphatic hydroxyl groups is 1. The maximum absolute atomic E-state index is 12.6. The van der Waals surface area contributed by atoms with Gasteiger partial charge in [-0.25, -0.2) is 4.57 Å². The molecule has 244 valence electrons. The Morgan fingerprint density at radius 1 is 0.810 bits per heavy atom. The van der Waals surface area contributed by atoms with Crippen molar-refractivity contribution in [2.24, 2.45) is 5.73 Å². The van der Waals surface area contributed by atoms with Crippen LogP contribution in [0.1, 0.15) is 123 Å². The van der Waals surface area contributed by atoms with Crippen molar-refractivity contribution in [3.05, 3.63) is 48.6 Å². The fraction of sp³-hybridized carbons (Fsp3) is 0.727. The van der Waals surface area contributed by atoms with Gasteiger partial charge < -0.3 is 21.1 Å². The Hall–Kier alpha value is -1.54. The first kappa shape index (κ1) is 40.5. The minimum atomic E-state index is -4.33. The predicted octanol–water partition coefficient (Wildman–Crippen LogP) is 7.82. The number of unbranched alkanes of at least 4 members (excludes halogenated alkanes) is 11. The van der Waals surface area contributed by atoms with Gasteiger partial charge in [-0.1, -0.05) is 114 Å². The molecule has 0 radical (unpaired) electrons. The van der Waals surface area contributed by atoms with E-state index in [0.29, 0.717) is 6.42 Å². The topological polar surface area (TPSA) is 131 Å². The SMILES string of the molecule is CC/C=C\C/C=C\C/C=C\CCCCCCCC(=O)NC(COP(=O)(O)OCCN)C(O)/C=C/CCCCCCCC. The van der Waals surface area contributed by atoms with Gasteiger partial charge in [-0.05, 0) is 51.4 Å². The summed E-state index contributed by atoms with van der Waals surface area (Å²) in [6.45, 7) is 3.92. The lowest BCUT2D eigenvalue weighted by molar-refractivity contribution is -0.123. The van der Waals surface area contributed by atoms with Gasteiger partial charge in [0, 0.05) is 13.0 Å². The Morgan fingerprint density at radius 2 is 1.38 bits per heavy atom. The minimum absolute atomic E-state index is 0.0730. The molecule has 0 aliphatic heterocycles. The van der Waals surface area contributed by atoms with Crippen molar-refractivity contribution in [1.29, 1.82) is 0 Å². The minimum Gasteiger partial charge on any atom is -0.387 e. The van der Waals surface area contributed by atoms with Gasteiger partial charge in [0.1, 0.15) is 0 Å². The normalized spacial score (nSPS) is 15.3. The van der Waals surface area contributed by atoms with Gasteiger partial charge in [0.2, 0.25) is 5.91 Å². The van der Waals surface area contributed by atoms with Gasteiger partial charge in [-0.3, -0.25) is 13.8 Å². The molecule has 0 aliphatic rings. The molecule has 0 fully saturated rings. The van der Waals surface area contributed by atoms with E-state index in [-0.39, 0.29) is 25.7 Å². The number of carbonyl (C=O) groups excluding carboxylic acids is 1. The Kier molecular flexibility index (Phi) is 28.4. The third-order valence-corrected chi connectivity index (χ3v) is 7.64. The summed E-state index contributed by atoms with van der Waals surface area (Å²) >= 11 is 0. The highest BCUT2D eigenvalue weighted by atomic mass is 31.2. The number of aliphatic hydroxyl groups excluding tert-OH is 1. The number of phosphoric acid groups is 1. The van der Waals surface area contributed by atoms with E-state index in [4.69, 9.17) is 14.8 Å². The zero-order chi connectivity index (χ0) is 31.2. The standard InChI is InChI=1S/C33H61N2O6P/c1-3-5-7-9-11-13-14-15-16-17-18-19-21-23-25-27-33(37)35-31(30-41-42(38,39)40-29-28-34)32(36)26-24-22-20-12-10-8-6-4-2/h5,7,11,13,15-16,24,26,31-32,36H,3-4,6,8-10,12,14,17-23,25,27-30,34H2,1-2H3,(H,35,37)(H,38,39)/b7-5-,13-11-,16-15-,26-24+. The van der Waals surface area contributed by atoms with Gasteiger partial charge in [0.25, 0.3) is 0 Å². The highest BCUT2D eigenvalue weighted by Gasteiger charge is 2.26. The van der Waals surface area contributed by atoms with Crippen LogP contribution in [0.5, 0.6) is 0 Å². The molecule has 0 aromatic heterocycles. The first-order valence-corrected chi connectivity index (χ1v) is 17.8. The van der Waals surface area contributed by atoms with Crippen LogP contribution in [0.15, 0.2) is 48.6 Å². The molecule has 0 aromatic rings. The van der Waals surface area contributed by atoms with Gasteiger partial charge in [-0.15, -0.1) is 0 Å². The Bertz CT molecular complexity index is 799. The Balaban J connectivity index is 4.39. The molecule has 3 unspecified atom stereocenters. The van der Waals surface area contributed by atoms with Crippen LogP contribution in [0.25, 0.3) is 0 Å². The van der Waals surface area contributed by atoms with Crippen LogP contribution in [-0.2, 0) is 18.4 Å². The molecule has 1 amide bonds. The average Bonchev–Trinajstić information content (AvgIpc) is 2.97. The second-order valence-electron chi connectivity index (χ2n) is 10.6. The van der Waals surface area contributed by atoms with Crippen LogP contribution < -0.4 is 11.1 Å². The summed E-state index contributed by atoms with van der Waals surface area (Å²) in [6.07, 6.45) is 33.1. The molecule has 0 heterocycles. The van der Waals surface area contributed by atoms with Gasteiger partial charge in [0.15, 0.2) is 0 Å². The molecular weight excluding hydrogens is 551 g/mol. The van der Waals surface area contributed by atoms with Crippen molar-refractivity contribution in [1.82, 2.24) is 5.32 Å². The van der Waals surface area contributed by atoms with Gasteiger partial charge in [-0.2, -0.15) is 0 Å². The van der Waals surface area contributed by atoms with E-state index >= 15 is 0 Å². The van der Waals surface area contributed by atoms with Crippen LogP contribution >= 0.6 is 7.82 Å². The van der Waals surface area contributed by atoms with Crippen molar-refractivity contribution in [2.75, 3.05) is 19.8 Å². The average molecular weight is 613 g/mol. The fourth-order valence-electron chi connectivity index (χ4n) is 4.20. The summed E-state index contributed by atoms with van der Waals surface area (Å²) in [5, 5.41) is 13.5. The van der Waals surface area contributed by atoms with E-state index in [2.05, 4.69) is 55.6 Å². The number of carbonyl (C=O) groups is 1. The van der Waals surface area contributed by atoms with Crippen molar-refractivity contribution < 1.29 is 28.4 Å². The largest absolute Gasteiger partial charge is 0.472 e. The van der Waals surface area contributed by atoms with Gasteiger partial charge >= 0.3 is 7.82 Å². The summed E-state index contributed by atoms with van der Waals surface area (Å²) in [5.74, 6) is -0.219. The molecule has 0 rings (SSSR count).